The van der Waals surface area contributed by atoms with Gasteiger partial charge in [-0.15, -0.1) is 0 Å². The number of amides is 1. The number of halogens is 4. The third-order valence-electron chi connectivity index (χ3n) is 5.77. The van der Waals surface area contributed by atoms with E-state index in [9.17, 15) is 22.0 Å². The van der Waals surface area contributed by atoms with Crippen LogP contribution in [0.4, 0.5) is 8.78 Å². The summed E-state index contributed by atoms with van der Waals surface area (Å²) in [6, 6.07) is 4.62. The van der Waals surface area contributed by atoms with E-state index >= 15 is 0 Å². The van der Waals surface area contributed by atoms with Crippen molar-refractivity contribution in [3.8, 4) is 17.0 Å². The number of aryl methyl sites for hydroxylation is 1. The summed E-state index contributed by atoms with van der Waals surface area (Å²) in [5.41, 5.74) is 0.585. The Morgan fingerprint density at radius 2 is 2.00 bits per heavy atom. The number of alkyl halides is 2. The number of aromatic nitrogens is 2. The molecule has 1 fully saturated rings. The van der Waals surface area contributed by atoms with Crippen molar-refractivity contribution >= 4 is 43.3 Å². The van der Waals surface area contributed by atoms with E-state index < -0.39 is 22.4 Å². The Labute approximate surface area is 204 Å². The number of sulfone groups is 1. The molecular weight excluding hydrogens is 544 g/mol. The van der Waals surface area contributed by atoms with Crippen LogP contribution < -0.4 is 10.1 Å². The van der Waals surface area contributed by atoms with E-state index in [0.29, 0.717) is 48.9 Å². The SMILES string of the molecule is CCn1nc(C(=O)NCC2CCC(S(C)(=O)=O)CC2)c(Cl)c1-c1ccc(Br)cc1OC(F)F. The molecule has 0 radical (unpaired) electrons. The van der Waals surface area contributed by atoms with Crippen LogP contribution in [-0.4, -0.2) is 48.8 Å². The van der Waals surface area contributed by atoms with Crippen molar-refractivity contribution in [1.82, 2.24) is 15.1 Å². The number of ether oxygens (including phenoxy) is 1. The van der Waals surface area contributed by atoms with Gasteiger partial charge in [-0.05, 0) is 56.7 Å². The first-order valence-electron chi connectivity index (χ1n) is 10.5. The standard InChI is InChI=1S/C21H25BrClF2N3O4S/c1-3-28-19(15-9-6-13(22)10-16(15)32-21(24)25)17(23)18(27-28)20(29)26-11-12-4-7-14(8-5-12)33(2,30)31/h6,9-10,12,14,21H,3-5,7-8,11H2,1-2H3,(H,26,29). The number of carbonyl (C=O) groups excluding carboxylic acids is 1. The maximum Gasteiger partial charge on any atom is 0.387 e. The summed E-state index contributed by atoms with van der Waals surface area (Å²) in [7, 11) is -3.05. The minimum Gasteiger partial charge on any atom is -0.434 e. The first-order valence-corrected chi connectivity index (χ1v) is 13.6. The van der Waals surface area contributed by atoms with Gasteiger partial charge in [0.1, 0.15) is 15.6 Å². The van der Waals surface area contributed by atoms with Crippen LogP contribution in [0.2, 0.25) is 5.02 Å². The summed E-state index contributed by atoms with van der Waals surface area (Å²) in [6.07, 6.45) is 3.81. The average Bonchev–Trinajstić information content (AvgIpc) is 3.08. The molecule has 1 aromatic carbocycles. The summed E-state index contributed by atoms with van der Waals surface area (Å²) in [5.74, 6) is -0.409. The molecular formula is C21H25BrClF2N3O4S. The van der Waals surface area contributed by atoms with Crippen molar-refractivity contribution < 1.29 is 26.7 Å². The second-order valence-electron chi connectivity index (χ2n) is 8.03. The van der Waals surface area contributed by atoms with Gasteiger partial charge in [-0.1, -0.05) is 27.5 Å². The monoisotopic (exact) mass is 567 g/mol. The van der Waals surface area contributed by atoms with Crippen molar-refractivity contribution in [2.45, 2.75) is 51.0 Å². The first-order chi connectivity index (χ1) is 15.5. The van der Waals surface area contributed by atoms with Gasteiger partial charge >= 0.3 is 6.61 Å². The lowest BCUT2D eigenvalue weighted by atomic mass is 9.89. The van der Waals surface area contributed by atoms with Gasteiger partial charge in [-0.2, -0.15) is 13.9 Å². The minimum atomic E-state index is -3.05. The van der Waals surface area contributed by atoms with E-state index in [2.05, 4.69) is 31.1 Å². The van der Waals surface area contributed by atoms with E-state index in [1.807, 2.05) is 0 Å². The molecule has 33 heavy (non-hydrogen) atoms. The Hall–Kier alpha value is -1.72. The molecule has 0 unspecified atom stereocenters. The molecule has 1 aliphatic rings. The Kier molecular flexibility index (Phi) is 8.39. The Morgan fingerprint density at radius 1 is 1.33 bits per heavy atom. The van der Waals surface area contributed by atoms with Gasteiger partial charge in [-0.25, -0.2) is 8.42 Å². The maximum absolute atomic E-state index is 12.9. The molecule has 1 saturated carbocycles. The van der Waals surface area contributed by atoms with Crippen LogP contribution in [0.15, 0.2) is 22.7 Å². The summed E-state index contributed by atoms with van der Waals surface area (Å²) in [5, 5.41) is 6.84. The number of nitrogens with zero attached hydrogens (tertiary/aromatic N) is 2. The highest BCUT2D eigenvalue weighted by Crippen LogP contribution is 2.39. The fraction of sp³-hybridized carbons (Fsp3) is 0.524. The van der Waals surface area contributed by atoms with Crippen LogP contribution in [0, 0.1) is 5.92 Å². The summed E-state index contributed by atoms with van der Waals surface area (Å²) in [4.78, 5) is 12.8. The number of rotatable bonds is 8. The van der Waals surface area contributed by atoms with Crippen molar-refractivity contribution in [2.24, 2.45) is 5.92 Å². The minimum absolute atomic E-state index is 0.00995. The Bertz CT molecular complexity index is 1120. The number of nitrogens with one attached hydrogen (secondary N) is 1. The molecule has 3 rings (SSSR count). The highest BCUT2D eigenvalue weighted by atomic mass is 79.9. The highest BCUT2D eigenvalue weighted by molar-refractivity contribution is 9.10. The van der Waals surface area contributed by atoms with Crippen LogP contribution in [0.5, 0.6) is 5.75 Å². The lowest BCUT2D eigenvalue weighted by molar-refractivity contribution is -0.0495. The number of benzene rings is 1. The topological polar surface area (TPSA) is 90.3 Å². The van der Waals surface area contributed by atoms with Gasteiger partial charge in [0.15, 0.2) is 5.69 Å². The van der Waals surface area contributed by atoms with E-state index in [-0.39, 0.29) is 33.2 Å². The fourth-order valence-electron chi connectivity index (χ4n) is 4.04. The molecule has 1 aliphatic carbocycles. The van der Waals surface area contributed by atoms with Gasteiger partial charge in [0.2, 0.25) is 0 Å². The lowest BCUT2D eigenvalue weighted by Crippen LogP contribution is -2.34. The van der Waals surface area contributed by atoms with Crippen LogP contribution in [-0.2, 0) is 16.4 Å². The smallest absolute Gasteiger partial charge is 0.387 e. The molecule has 7 nitrogen and oxygen atoms in total. The average molecular weight is 569 g/mol. The molecule has 0 saturated heterocycles. The molecule has 0 atom stereocenters. The van der Waals surface area contributed by atoms with Crippen LogP contribution >= 0.6 is 27.5 Å². The van der Waals surface area contributed by atoms with Crippen LogP contribution in [0.25, 0.3) is 11.3 Å². The quantitative estimate of drug-likeness (QED) is 0.488. The van der Waals surface area contributed by atoms with Gasteiger partial charge in [0.25, 0.3) is 5.91 Å². The lowest BCUT2D eigenvalue weighted by Gasteiger charge is -2.27. The molecule has 1 N–H and O–H groups in total. The second kappa shape index (κ2) is 10.7. The predicted molar refractivity (Wildman–Crippen MR) is 126 cm³/mol. The first kappa shape index (κ1) is 25.9. The van der Waals surface area contributed by atoms with E-state index in [1.165, 1.54) is 17.0 Å². The van der Waals surface area contributed by atoms with E-state index in [0.717, 1.165) is 0 Å². The molecule has 2 aromatic rings. The van der Waals surface area contributed by atoms with Crippen molar-refractivity contribution in [3.63, 3.8) is 0 Å². The normalized spacial score (nSPS) is 19.0. The van der Waals surface area contributed by atoms with Crippen molar-refractivity contribution in [3.05, 3.63) is 33.4 Å². The third-order valence-corrected chi connectivity index (χ3v) is 8.31. The zero-order chi connectivity index (χ0) is 24.3. The number of carbonyl (C=O) groups is 1. The number of hydrogen-bond donors (Lipinski definition) is 1. The second-order valence-corrected chi connectivity index (χ2v) is 11.6. The molecule has 1 heterocycles. The van der Waals surface area contributed by atoms with Gasteiger partial charge in [0.05, 0.1) is 16.0 Å². The van der Waals surface area contributed by atoms with Gasteiger partial charge in [0, 0.05) is 29.4 Å². The molecule has 182 valence electrons. The highest BCUT2D eigenvalue weighted by Gasteiger charge is 2.29. The largest absolute Gasteiger partial charge is 0.434 e. The summed E-state index contributed by atoms with van der Waals surface area (Å²) < 4.78 is 56.0. The molecule has 1 aromatic heterocycles. The Morgan fingerprint density at radius 3 is 2.58 bits per heavy atom. The summed E-state index contributed by atoms with van der Waals surface area (Å²) >= 11 is 9.75. The zero-order valence-electron chi connectivity index (χ0n) is 18.2. The summed E-state index contributed by atoms with van der Waals surface area (Å²) in [6.45, 7) is -0.517. The van der Waals surface area contributed by atoms with Crippen molar-refractivity contribution in [2.75, 3.05) is 12.8 Å². The zero-order valence-corrected chi connectivity index (χ0v) is 21.3. The molecule has 1 amide bonds. The van der Waals surface area contributed by atoms with Crippen LogP contribution in [0.3, 0.4) is 0 Å². The molecule has 0 aliphatic heterocycles. The van der Waals surface area contributed by atoms with Gasteiger partial charge < -0.3 is 10.1 Å². The maximum atomic E-state index is 12.9. The fourth-order valence-corrected chi connectivity index (χ4v) is 5.83. The van der Waals surface area contributed by atoms with E-state index in [1.54, 1.807) is 19.1 Å². The van der Waals surface area contributed by atoms with Crippen molar-refractivity contribution in [1.29, 1.82) is 0 Å². The predicted octanol–water partition coefficient (Wildman–Crippen LogP) is 4.92. The van der Waals surface area contributed by atoms with E-state index in [4.69, 9.17) is 11.6 Å². The Balaban J connectivity index is 1.78. The molecule has 0 spiro atoms. The van der Waals surface area contributed by atoms with Gasteiger partial charge in [-0.3, -0.25) is 9.48 Å². The molecule has 0 bridgehead atoms. The third kappa shape index (κ3) is 6.24. The number of hydrogen-bond acceptors (Lipinski definition) is 5. The molecule has 12 heteroatoms. The van der Waals surface area contributed by atoms with Crippen LogP contribution in [0.1, 0.15) is 43.1 Å².